The smallest absolute Gasteiger partial charge is 0.255 e. The Bertz CT molecular complexity index is 1330. The zero-order valence-corrected chi connectivity index (χ0v) is 26.1. The maximum absolute atomic E-state index is 13.9. The Morgan fingerprint density at radius 2 is 1.67 bits per heavy atom. The molecule has 0 spiro atoms. The molecule has 2 amide bonds. The summed E-state index contributed by atoms with van der Waals surface area (Å²) in [4.78, 5) is 26.4. The fourth-order valence-corrected chi connectivity index (χ4v) is 6.18. The van der Waals surface area contributed by atoms with Crippen molar-refractivity contribution in [3.63, 3.8) is 0 Å². The lowest BCUT2D eigenvalue weighted by atomic mass is 9.91. The van der Waals surface area contributed by atoms with Crippen molar-refractivity contribution in [3.8, 4) is 11.5 Å². The molecular formula is C30H44N4O7S. The number of amides is 2. The highest BCUT2D eigenvalue weighted by molar-refractivity contribution is 7.89. The monoisotopic (exact) mass is 604 g/mol. The number of nitrogens with one attached hydrogen (secondary N) is 1. The molecule has 0 aliphatic carbocycles. The molecule has 11 nitrogen and oxygen atoms in total. The van der Waals surface area contributed by atoms with Gasteiger partial charge in [0.05, 0.1) is 23.1 Å². The van der Waals surface area contributed by atoms with Gasteiger partial charge in [-0.05, 0) is 42.4 Å². The second-order valence-corrected chi connectivity index (χ2v) is 14.3. The Morgan fingerprint density at radius 3 is 2.26 bits per heavy atom. The summed E-state index contributed by atoms with van der Waals surface area (Å²) in [5.74, 6) is -0.337. The minimum Gasteiger partial charge on any atom is -0.454 e. The summed E-state index contributed by atoms with van der Waals surface area (Å²) in [5.41, 5.74) is 8.79. The fourth-order valence-electron chi connectivity index (χ4n) is 4.54. The molecule has 3 rings (SSSR count). The van der Waals surface area contributed by atoms with Gasteiger partial charge in [0, 0.05) is 25.6 Å². The fraction of sp³-hybridized carbons (Fsp3) is 0.533. The Kier molecular flexibility index (Phi) is 11.0. The largest absolute Gasteiger partial charge is 0.454 e. The number of carbonyl (C=O) groups excluding carboxylic acids is 2. The van der Waals surface area contributed by atoms with Crippen molar-refractivity contribution in [1.29, 1.82) is 0 Å². The average Bonchev–Trinajstić information content (AvgIpc) is 3.37. The molecule has 0 radical (unpaired) electrons. The number of hydrogen-bond donors (Lipinski definition) is 3. The number of rotatable bonds is 12. The van der Waals surface area contributed by atoms with E-state index in [4.69, 9.17) is 15.2 Å². The second-order valence-electron chi connectivity index (χ2n) is 12.3. The van der Waals surface area contributed by atoms with Gasteiger partial charge in [-0.1, -0.05) is 65.0 Å². The molecule has 1 aliphatic rings. The molecule has 0 unspecified atom stereocenters. The van der Waals surface area contributed by atoms with E-state index in [1.54, 1.807) is 0 Å². The highest BCUT2D eigenvalue weighted by atomic mass is 32.2. The van der Waals surface area contributed by atoms with Crippen LogP contribution < -0.4 is 20.6 Å². The van der Waals surface area contributed by atoms with Gasteiger partial charge in [-0.3, -0.25) is 15.0 Å². The van der Waals surface area contributed by atoms with Crippen molar-refractivity contribution in [2.75, 3.05) is 19.9 Å². The van der Waals surface area contributed by atoms with Crippen LogP contribution in [0.25, 0.3) is 0 Å². The Labute approximate surface area is 249 Å². The molecule has 12 heteroatoms. The van der Waals surface area contributed by atoms with Crippen LogP contribution in [0.15, 0.2) is 53.4 Å². The van der Waals surface area contributed by atoms with E-state index in [-0.39, 0.29) is 43.5 Å². The van der Waals surface area contributed by atoms with Gasteiger partial charge < -0.3 is 20.3 Å². The first-order valence-electron chi connectivity index (χ1n) is 14.1. The van der Waals surface area contributed by atoms with Crippen molar-refractivity contribution in [1.82, 2.24) is 14.7 Å². The predicted octanol–water partition coefficient (Wildman–Crippen LogP) is 2.68. The third-order valence-corrected chi connectivity index (χ3v) is 8.43. The minimum absolute atomic E-state index is 0.0000108. The number of aliphatic hydroxyl groups excluding tert-OH is 1. The summed E-state index contributed by atoms with van der Waals surface area (Å²) >= 11 is 0. The number of benzene rings is 2. The number of fused-ring (bicyclic) bond motifs is 1. The molecule has 1 aliphatic heterocycles. The van der Waals surface area contributed by atoms with Crippen molar-refractivity contribution >= 4 is 21.8 Å². The van der Waals surface area contributed by atoms with E-state index in [9.17, 15) is 23.1 Å². The lowest BCUT2D eigenvalue weighted by Gasteiger charge is -2.38. The minimum atomic E-state index is -4.10. The standard InChI is InChI=1S/C30H44N4O7S/c1-20(2)17-33(42(38,39)23-12-13-26-27(15-23)41-19-40-26)18-25(35)24(14-22-10-8-7-9-11-22)34(32-29(37)21(3)31)28(36)16-30(4,5)6/h7-13,15,20-21,24-25,35H,14,16-19,31H2,1-6H3,(H,32,37)/t21-,24+,25-/m1/s1. The number of nitrogens with zero attached hydrogens (tertiary/aromatic N) is 2. The number of sulfonamides is 1. The number of ether oxygens (including phenoxy) is 2. The molecule has 3 atom stereocenters. The van der Waals surface area contributed by atoms with Crippen molar-refractivity contribution in [3.05, 3.63) is 54.1 Å². The van der Waals surface area contributed by atoms with Crippen LogP contribution in [0, 0.1) is 11.3 Å². The summed E-state index contributed by atoms with van der Waals surface area (Å²) in [6.07, 6.45) is -1.17. The Morgan fingerprint density at radius 1 is 1.02 bits per heavy atom. The number of nitrogens with two attached hydrogens (primary N) is 1. The topological polar surface area (TPSA) is 151 Å². The Balaban J connectivity index is 2.02. The number of carbonyl (C=O) groups is 2. The van der Waals surface area contributed by atoms with Gasteiger partial charge in [-0.2, -0.15) is 4.31 Å². The van der Waals surface area contributed by atoms with Crippen molar-refractivity contribution in [2.45, 2.75) is 77.5 Å². The van der Waals surface area contributed by atoms with E-state index in [2.05, 4.69) is 5.43 Å². The second kappa shape index (κ2) is 13.9. The molecule has 2 aromatic carbocycles. The molecular weight excluding hydrogens is 560 g/mol. The van der Waals surface area contributed by atoms with Crippen molar-refractivity contribution < 1.29 is 32.6 Å². The quantitative estimate of drug-likeness (QED) is 0.313. The van der Waals surface area contributed by atoms with Crippen LogP contribution in [-0.4, -0.2) is 72.7 Å². The van der Waals surface area contributed by atoms with E-state index in [1.807, 2.05) is 65.0 Å². The molecule has 42 heavy (non-hydrogen) atoms. The van der Waals surface area contributed by atoms with Crippen LogP contribution in [0.4, 0.5) is 0 Å². The average molecular weight is 605 g/mol. The van der Waals surface area contributed by atoms with Crippen LogP contribution in [-0.2, 0) is 26.0 Å². The third kappa shape index (κ3) is 8.90. The number of aliphatic hydroxyl groups is 1. The first-order valence-corrected chi connectivity index (χ1v) is 15.5. The summed E-state index contributed by atoms with van der Waals surface area (Å²) in [7, 11) is -4.10. The van der Waals surface area contributed by atoms with Crippen LogP contribution in [0.2, 0.25) is 0 Å². The molecule has 1 heterocycles. The van der Waals surface area contributed by atoms with Gasteiger partial charge >= 0.3 is 0 Å². The van der Waals surface area contributed by atoms with E-state index in [0.717, 1.165) is 10.6 Å². The number of hydrazine groups is 1. The van der Waals surface area contributed by atoms with Gasteiger partial charge in [0.1, 0.15) is 0 Å². The molecule has 0 saturated carbocycles. The summed E-state index contributed by atoms with van der Waals surface area (Å²) in [5, 5.41) is 12.9. The SMILES string of the molecule is CC(C)CN(C[C@@H](O)[C@H](Cc1ccccc1)N(NC(=O)[C@@H](C)N)C(=O)CC(C)(C)C)S(=O)(=O)c1ccc2c(c1)OCO2. The predicted molar refractivity (Wildman–Crippen MR) is 159 cm³/mol. The molecule has 4 N–H and O–H groups in total. The van der Waals surface area contributed by atoms with Crippen molar-refractivity contribution in [2.24, 2.45) is 17.1 Å². The van der Waals surface area contributed by atoms with E-state index < -0.39 is 45.4 Å². The van der Waals surface area contributed by atoms with Crippen LogP contribution in [0.1, 0.15) is 53.5 Å². The van der Waals surface area contributed by atoms with E-state index in [0.29, 0.717) is 11.5 Å². The van der Waals surface area contributed by atoms with Gasteiger partial charge in [-0.15, -0.1) is 0 Å². The lowest BCUT2D eigenvalue weighted by Crippen LogP contribution is -2.61. The number of hydrogen-bond acceptors (Lipinski definition) is 8. The molecule has 0 fully saturated rings. The van der Waals surface area contributed by atoms with Gasteiger partial charge in [-0.25, -0.2) is 13.4 Å². The molecule has 0 aromatic heterocycles. The molecule has 232 valence electrons. The van der Waals surface area contributed by atoms with Gasteiger partial charge in [0.2, 0.25) is 22.7 Å². The van der Waals surface area contributed by atoms with Gasteiger partial charge in [0.25, 0.3) is 5.91 Å². The molecule has 0 bridgehead atoms. The zero-order chi connectivity index (χ0) is 31.2. The Hall–Kier alpha value is -3.19. The molecule has 2 aromatic rings. The normalized spacial score (nSPS) is 15.4. The van der Waals surface area contributed by atoms with Gasteiger partial charge in [0.15, 0.2) is 11.5 Å². The van der Waals surface area contributed by atoms with E-state index >= 15 is 0 Å². The first kappa shape index (κ1) is 33.3. The van der Waals surface area contributed by atoms with Crippen LogP contribution in [0.5, 0.6) is 11.5 Å². The zero-order valence-electron chi connectivity index (χ0n) is 25.2. The molecule has 0 saturated heterocycles. The summed E-state index contributed by atoms with van der Waals surface area (Å²) in [6, 6.07) is 11.6. The van der Waals surface area contributed by atoms with Crippen LogP contribution >= 0.6 is 0 Å². The summed E-state index contributed by atoms with van der Waals surface area (Å²) in [6.45, 7) is 10.7. The van der Waals surface area contributed by atoms with E-state index in [1.165, 1.54) is 29.4 Å². The maximum atomic E-state index is 13.9. The first-order chi connectivity index (χ1) is 19.6. The highest BCUT2D eigenvalue weighted by Crippen LogP contribution is 2.35. The summed E-state index contributed by atoms with van der Waals surface area (Å²) < 4.78 is 39.7. The lowest BCUT2D eigenvalue weighted by molar-refractivity contribution is -0.149. The maximum Gasteiger partial charge on any atom is 0.255 e. The van der Waals surface area contributed by atoms with Crippen LogP contribution in [0.3, 0.4) is 0 Å². The highest BCUT2D eigenvalue weighted by Gasteiger charge is 2.37. The third-order valence-electron chi connectivity index (χ3n) is 6.60.